The van der Waals surface area contributed by atoms with E-state index >= 15 is 0 Å². The zero-order chi connectivity index (χ0) is 22.4. The van der Waals surface area contributed by atoms with Crippen LogP contribution in [0.2, 0.25) is 0 Å². The van der Waals surface area contributed by atoms with Crippen molar-refractivity contribution in [3.63, 3.8) is 0 Å². The van der Waals surface area contributed by atoms with Crippen LogP contribution in [0.4, 0.5) is 5.82 Å². The Hall–Kier alpha value is -3.49. The summed E-state index contributed by atoms with van der Waals surface area (Å²) in [5.41, 5.74) is 0.651. The van der Waals surface area contributed by atoms with Gasteiger partial charge in [-0.15, -0.1) is 0 Å². The molecule has 9 nitrogen and oxygen atoms in total. The summed E-state index contributed by atoms with van der Waals surface area (Å²) in [5.74, 6) is -0.161. The smallest absolute Gasteiger partial charge is 0.273 e. The molecule has 2 aromatic rings. The first-order valence-corrected chi connectivity index (χ1v) is 10.2. The van der Waals surface area contributed by atoms with Gasteiger partial charge in [-0.3, -0.25) is 14.4 Å². The number of aromatic nitrogens is 2. The third-order valence-corrected chi connectivity index (χ3v) is 5.11. The number of nitrogens with one attached hydrogen (secondary N) is 2. The van der Waals surface area contributed by atoms with E-state index in [1.807, 2.05) is 0 Å². The predicted molar refractivity (Wildman–Crippen MR) is 115 cm³/mol. The summed E-state index contributed by atoms with van der Waals surface area (Å²) < 4.78 is 5.19. The minimum absolute atomic E-state index is 0.0590. The van der Waals surface area contributed by atoms with Crippen molar-refractivity contribution in [3.05, 3.63) is 47.9 Å². The Balaban J connectivity index is 1.58. The third kappa shape index (κ3) is 5.56. The number of ether oxygens (including phenoxy) is 1. The fraction of sp³-hybridized carbons (Fsp3) is 0.409. The SMILES string of the molecule is COc1cccc(C(=O)N2CCC(NC(=O)c3nccnc3NC(=O)C(C)C)CC2)c1. The number of carbonyl (C=O) groups excluding carboxylic acids is 3. The van der Waals surface area contributed by atoms with E-state index in [0.29, 0.717) is 37.2 Å². The van der Waals surface area contributed by atoms with Crippen LogP contribution in [0.25, 0.3) is 0 Å². The largest absolute Gasteiger partial charge is 0.497 e. The molecule has 1 fully saturated rings. The second-order valence-corrected chi connectivity index (χ2v) is 7.67. The summed E-state index contributed by atoms with van der Waals surface area (Å²) >= 11 is 0. The molecule has 9 heteroatoms. The monoisotopic (exact) mass is 425 g/mol. The Morgan fingerprint density at radius 3 is 2.52 bits per heavy atom. The fourth-order valence-corrected chi connectivity index (χ4v) is 3.28. The maximum atomic E-state index is 12.7. The van der Waals surface area contributed by atoms with Gasteiger partial charge in [0.05, 0.1) is 7.11 Å². The molecular weight excluding hydrogens is 398 g/mol. The van der Waals surface area contributed by atoms with E-state index in [-0.39, 0.29) is 35.3 Å². The zero-order valence-corrected chi connectivity index (χ0v) is 17.9. The van der Waals surface area contributed by atoms with Crippen LogP contribution in [0, 0.1) is 5.92 Å². The van der Waals surface area contributed by atoms with Gasteiger partial charge in [0.25, 0.3) is 11.8 Å². The number of hydrogen-bond donors (Lipinski definition) is 2. The molecule has 31 heavy (non-hydrogen) atoms. The van der Waals surface area contributed by atoms with E-state index in [1.54, 1.807) is 50.1 Å². The highest BCUT2D eigenvalue weighted by molar-refractivity contribution is 6.01. The molecule has 2 heterocycles. The lowest BCUT2D eigenvalue weighted by molar-refractivity contribution is -0.118. The molecule has 0 saturated carbocycles. The third-order valence-electron chi connectivity index (χ3n) is 5.11. The second kappa shape index (κ2) is 10.0. The summed E-state index contributed by atoms with van der Waals surface area (Å²) in [6, 6.07) is 6.97. The number of nitrogens with zero attached hydrogens (tertiary/aromatic N) is 3. The molecule has 0 radical (unpaired) electrons. The number of carbonyl (C=O) groups is 3. The first kappa shape index (κ1) is 22.2. The van der Waals surface area contributed by atoms with Crippen molar-refractivity contribution in [1.29, 1.82) is 0 Å². The number of piperidine rings is 1. The minimum atomic E-state index is -0.398. The van der Waals surface area contributed by atoms with E-state index in [4.69, 9.17) is 4.74 Å². The van der Waals surface area contributed by atoms with E-state index in [0.717, 1.165) is 0 Å². The van der Waals surface area contributed by atoms with Gasteiger partial charge < -0.3 is 20.3 Å². The van der Waals surface area contributed by atoms with E-state index in [9.17, 15) is 14.4 Å². The van der Waals surface area contributed by atoms with Crippen molar-refractivity contribution in [2.75, 3.05) is 25.5 Å². The van der Waals surface area contributed by atoms with Crippen LogP contribution >= 0.6 is 0 Å². The van der Waals surface area contributed by atoms with E-state index < -0.39 is 5.91 Å². The van der Waals surface area contributed by atoms with Crippen LogP contribution < -0.4 is 15.4 Å². The van der Waals surface area contributed by atoms with Gasteiger partial charge in [0.1, 0.15) is 5.75 Å². The van der Waals surface area contributed by atoms with Gasteiger partial charge in [0, 0.05) is 43.0 Å². The number of amides is 3. The Kier molecular flexibility index (Phi) is 7.17. The lowest BCUT2D eigenvalue weighted by atomic mass is 10.0. The quantitative estimate of drug-likeness (QED) is 0.733. The van der Waals surface area contributed by atoms with E-state index in [2.05, 4.69) is 20.6 Å². The second-order valence-electron chi connectivity index (χ2n) is 7.67. The molecular formula is C22H27N5O4. The lowest BCUT2D eigenvalue weighted by Gasteiger charge is -2.32. The van der Waals surface area contributed by atoms with Gasteiger partial charge >= 0.3 is 0 Å². The van der Waals surface area contributed by atoms with Crippen molar-refractivity contribution in [2.45, 2.75) is 32.7 Å². The maximum Gasteiger partial charge on any atom is 0.273 e. The molecule has 1 aliphatic rings. The first-order valence-electron chi connectivity index (χ1n) is 10.2. The predicted octanol–water partition coefficient (Wildman–Crippen LogP) is 2.11. The van der Waals surface area contributed by atoms with Crippen molar-refractivity contribution < 1.29 is 19.1 Å². The zero-order valence-electron chi connectivity index (χ0n) is 17.9. The Labute approximate surface area is 181 Å². The molecule has 0 atom stereocenters. The molecule has 0 bridgehead atoms. The molecule has 0 aliphatic carbocycles. The van der Waals surface area contributed by atoms with Crippen LogP contribution in [-0.2, 0) is 4.79 Å². The summed E-state index contributed by atoms with van der Waals surface area (Å²) in [5, 5.41) is 5.59. The van der Waals surface area contributed by atoms with Crippen molar-refractivity contribution in [1.82, 2.24) is 20.2 Å². The van der Waals surface area contributed by atoms with Crippen molar-refractivity contribution >= 4 is 23.5 Å². The molecule has 1 aromatic carbocycles. The summed E-state index contributed by atoms with van der Waals surface area (Å²) in [6.45, 7) is 4.56. The van der Waals surface area contributed by atoms with Crippen LogP contribution in [0.1, 0.15) is 47.5 Å². The lowest BCUT2D eigenvalue weighted by Crippen LogP contribution is -2.46. The number of methoxy groups -OCH3 is 1. The fourth-order valence-electron chi connectivity index (χ4n) is 3.28. The molecule has 1 aliphatic heterocycles. The highest BCUT2D eigenvalue weighted by Gasteiger charge is 2.26. The van der Waals surface area contributed by atoms with Crippen LogP contribution in [-0.4, -0.2) is 58.8 Å². The molecule has 0 spiro atoms. The Morgan fingerprint density at radius 1 is 1.13 bits per heavy atom. The highest BCUT2D eigenvalue weighted by atomic mass is 16.5. The normalized spacial score (nSPS) is 14.3. The van der Waals surface area contributed by atoms with Gasteiger partial charge in [0.15, 0.2) is 11.5 Å². The summed E-state index contributed by atoms with van der Waals surface area (Å²) in [6.07, 6.45) is 4.08. The average molecular weight is 425 g/mol. The van der Waals surface area contributed by atoms with Gasteiger partial charge in [-0.1, -0.05) is 19.9 Å². The van der Waals surface area contributed by atoms with Gasteiger partial charge in [-0.05, 0) is 31.0 Å². The number of hydrogen-bond acceptors (Lipinski definition) is 6. The molecule has 0 unspecified atom stereocenters. The number of benzene rings is 1. The highest BCUT2D eigenvalue weighted by Crippen LogP contribution is 2.18. The summed E-state index contributed by atoms with van der Waals surface area (Å²) in [7, 11) is 1.56. The number of likely N-dealkylation sites (tertiary alicyclic amines) is 1. The molecule has 3 amide bonds. The molecule has 164 valence electrons. The van der Waals surface area contributed by atoms with Crippen LogP contribution in [0.5, 0.6) is 5.75 Å². The van der Waals surface area contributed by atoms with Crippen molar-refractivity contribution in [2.24, 2.45) is 5.92 Å². The molecule has 1 aromatic heterocycles. The summed E-state index contributed by atoms with van der Waals surface area (Å²) in [4.78, 5) is 47.4. The standard InChI is InChI=1S/C22H27N5O4/c1-14(2)20(28)26-19-18(23-9-10-24-19)21(29)25-16-7-11-27(12-8-16)22(30)15-5-4-6-17(13-15)31-3/h4-6,9-10,13-14,16H,7-8,11-12H2,1-3H3,(H,25,29)(H,24,26,28). The average Bonchev–Trinajstić information content (AvgIpc) is 2.79. The van der Waals surface area contributed by atoms with Crippen LogP contribution in [0.3, 0.4) is 0 Å². The first-order chi connectivity index (χ1) is 14.9. The number of rotatable bonds is 6. The topological polar surface area (TPSA) is 114 Å². The number of anilines is 1. The molecule has 1 saturated heterocycles. The minimum Gasteiger partial charge on any atom is -0.497 e. The Morgan fingerprint density at radius 2 is 1.84 bits per heavy atom. The van der Waals surface area contributed by atoms with E-state index in [1.165, 1.54) is 12.4 Å². The van der Waals surface area contributed by atoms with Gasteiger partial charge in [0.2, 0.25) is 5.91 Å². The van der Waals surface area contributed by atoms with Gasteiger partial charge in [-0.2, -0.15) is 0 Å². The van der Waals surface area contributed by atoms with Gasteiger partial charge in [-0.25, -0.2) is 9.97 Å². The van der Waals surface area contributed by atoms with Crippen molar-refractivity contribution in [3.8, 4) is 5.75 Å². The van der Waals surface area contributed by atoms with Crippen LogP contribution in [0.15, 0.2) is 36.7 Å². The molecule has 3 rings (SSSR count). The Bertz CT molecular complexity index is 954. The maximum absolute atomic E-state index is 12.7. The molecule has 2 N–H and O–H groups in total.